The van der Waals surface area contributed by atoms with Crippen molar-refractivity contribution >= 4 is 52.8 Å². The molecule has 0 radical (unpaired) electrons. The zero-order valence-corrected chi connectivity index (χ0v) is 35.1. The third-order valence-corrected chi connectivity index (χ3v) is 11.1. The first-order valence-corrected chi connectivity index (χ1v) is 21.0. The first-order chi connectivity index (χ1) is 30.4. The van der Waals surface area contributed by atoms with Crippen LogP contribution in [-0.2, 0) is 64.0 Å². The summed E-state index contributed by atoms with van der Waals surface area (Å²) in [4.78, 5) is 95.5. The van der Waals surface area contributed by atoms with Crippen molar-refractivity contribution in [3.05, 3.63) is 148 Å². The summed E-state index contributed by atoms with van der Waals surface area (Å²) in [6, 6.07) is 29.4. The van der Waals surface area contributed by atoms with Gasteiger partial charge >= 0.3 is 11.9 Å². The molecule has 5 amide bonds. The molecule has 7 rings (SSSR count). The number of carboxylic acid groups (broad SMARTS) is 1. The second-order valence-corrected chi connectivity index (χ2v) is 15.9. The highest BCUT2D eigenvalue weighted by Gasteiger charge is 2.34. The molecular formula is C47H47N5O10S. The minimum absolute atomic E-state index is 0.00734. The quantitative estimate of drug-likeness (QED) is 0.0795. The van der Waals surface area contributed by atoms with Crippen molar-refractivity contribution in [2.45, 2.75) is 62.3 Å². The molecule has 2 aliphatic rings. The molecule has 0 fully saturated rings. The molecule has 4 aromatic carbocycles. The maximum atomic E-state index is 14.6. The summed E-state index contributed by atoms with van der Waals surface area (Å²) in [5, 5.41) is 24.8. The standard InChI is InChI=1S/C47H47N5O10S/c1-61-47(60)40(27-42(54)55)52-45(58)38-25-31-16-20-34(21-17-31)62-28-41(53)48-39(26-35-13-8-22-63-35)46(59)51-37(24-30-14-18-33(19-15-30)32-11-6-3-7-12-32)44(57)49-36(43(56)50-38)23-29-9-4-2-5-10-29/h2-22,36-40H,23-28H2,1H3,(H,48,53)(H,49,57)(H,50,56)(H,51,59)(H,52,58)(H,54,55)/t36-,37+,38-,39-,40-/m0/s1. The average Bonchev–Trinajstić information content (AvgIpc) is 3.81. The number of hydrogen-bond acceptors (Lipinski definition) is 10. The smallest absolute Gasteiger partial charge is 0.328 e. The normalized spacial score (nSPS) is 19.0. The third-order valence-electron chi connectivity index (χ3n) is 10.2. The predicted molar refractivity (Wildman–Crippen MR) is 233 cm³/mol. The molecule has 63 heavy (non-hydrogen) atoms. The maximum Gasteiger partial charge on any atom is 0.328 e. The van der Waals surface area contributed by atoms with Crippen LogP contribution in [0.3, 0.4) is 0 Å². The molecule has 0 aliphatic carbocycles. The minimum atomic E-state index is -1.58. The van der Waals surface area contributed by atoms with Crippen LogP contribution >= 0.6 is 11.3 Å². The average molecular weight is 874 g/mol. The molecule has 16 heteroatoms. The number of thiophene rings is 1. The Labute approximate surface area is 367 Å². The van der Waals surface area contributed by atoms with Gasteiger partial charge in [-0.2, -0.15) is 0 Å². The van der Waals surface area contributed by atoms with Crippen molar-refractivity contribution in [1.29, 1.82) is 0 Å². The van der Waals surface area contributed by atoms with E-state index >= 15 is 0 Å². The first-order valence-electron chi connectivity index (χ1n) is 20.2. The van der Waals surface area contributed by atoms with Gasteiger partial charge < -0.3 is 41.2 Å². The summed E-state index contributed by atoms with van der Waals surface area (Å²) in [5.41, 5.74) is 3.79. The molecule has 6 N–H and O–H groups in total. The fourth-order valence-electron chi connectivity index (χ4n) is 6.96. The van der Waals surface area contributed by atoms with E-state index in [-0.39, 0.29) is 25.7 Å². The van der Waals surface area contributed by atoms with Gasteiger partial charge in [0.05, 0.1) is 13.5 Å². The molecule has 15 nitrogen and oxygen atoms in total. The highest BCUT2D eigenvalue weighted by Crippen LogP contribution is 2.21. The monoisotopic (exact) mass is 873 g/mol. The lowest BCUT2D eigenvalue weighted by Gasteiger charge is -2.27. The third kappa shape index (κ3) is 13.3. The van der Waals surface area contributed by atoms with Crippen molar-refractivity contribution < 1.29 is 48.1 Å². The van der Waals surface area contributed by atoms with Gasteiger partial charge in [0.25, 0.3) is 5.91 Å². The molecule has 5 atom stereocenters. The SMILES string of the molecule is COC(=O)[C@H](CC(=O)O)NC(=O)[C@@H]1Cc2ccc(cc2)OCC(=O)N[C@@H](Cc2cccs2)C(=O)N[C@H](Cc2ccc(-c3ccccc3)cc2)C(=O)N[C@@H](Cc2ccccc2)C(=O)N1. The topological polar surface area (TPSA) is 218 Å². The van der Waals surface area contributed by atoms with Gasteiger partial charge in [0, 0.05) is 30.6 Å². The molecule has 5 aromatic rings. The number of amides is 5. The van der Waals surface area contributed by atoms with Gasteiger partial charge in [0.2, 0.25) is 23.6 Å². The van der Waals surface area contributed by atoms with Gasteiger partial charge in [-0.3, -0.25) is 28.8 Å². The lowest BCUT2D eigenvalue weighted by atomic mass is 9.99. The van der Waals surface area contributed by atoms with Gasteiger partial charge in [-0.1, -0.05) is 103 Å². The number of nitrogens with one attached hydrogen (secondary N) is 5. The van der Waals surface area contributed by atoms with E-state index < -0.39 is 84.7 Å². The van der Waals surface area contributed by atoms with E-state index in [1.165, 1.54) is 11.3 Å². The molecule has 0 saturated heterocycles. The molecule has 0 saturated carbocycles. The zero-order chi connectivity index (χ0) is 44.7. The van der Waals surface area contributed by atoms with Crippen molar-refractivity contribution in [2.75, 3.05) is 13.7 Å². The highest BCUT2D eigenvalue weighted by atomic mass is 32.1. The Morgan fingerprint density at radius 1 is 0.698 bits per heavy atom. The van der Waals surface area contributed by atoms with Crippen LogP contribution in [0.15, 0.2) is 127 Å². The van der Waals surface area contributed by atoms with E-state index in [1.54, 1.807) is 54.6 Å². The van der Waals surface area contributed by atoms with E-state index in [4.69, 9.17) is 9.47 Å². The number of rotatable bonds is 12. The molecule has 2 aliphatic heterocycles. The summed E-state index contributed by atoms with van der Waals surface area (Å²) in [7, 11) is 1.05. The summed E-state index contributed by atoms with van der Waals surface area (Å²) in [6.45, 7) is -0.452. The van der Waals surface area contributed by atoms with Crippen LogP contribution in [-0.4, -0.2) is 90.5 Å². The van der Waals surface area contributed by atoms with E-state index in [0.29, 0.717) is 22.4 Å². The van der Waals surface area contributed by atoms with Gasteiger partial charge in [-0.25, -0.2) is 4.79 Å². The van der Waals surface area contributed by atoms with Crippen LogP contribution in [0, 0.1) is 0 Å². The summed E-state index contributed by atoms with van der Waals surface area (Å²) in [5.74, 6) is -5.74. The second kappa shape index (κ2) is 22.0. The molecule has 0 spiro atoms. The summed E-state index contributed by atoms with van der Waals surface area (Å²) in [6.07, 6.45) is -0.858. The summed E-state index contributed by atoms with van der Waals surface area (Å²) < 4.78 is 10.5. The summed E-state index contributed by atoms with van der Waals surface area (Å²) >= 11 is 1.40. The van der Waals surface area contributed by atoms with Crippen molar-refractivity contribution in [3.8, 4) is 16.9 Å². The first kappa shape index (κ1) is 45.2. The number of hydrogen-bond donors (Lipinski definition) is 6. The van der Waals surface area contributed by atoms with E-state index in [0.717, 1.165) is 23.1 Å². The molecule has 2 bridgehead atoms. The Kier molecular flexibility index (Phi) is 15.8. The van der Waals surface area contributed by atoms with Gasteiger partial charge in [0.1, 0.15) is 36.0 Å². The predicted octanol–water partition coefficient (Wildman–Crippen LogP) is 3.15. The number of esters is 1. The van der Waals surface area contributed by atoms with Crippen LogP contribution in [0.25, 0.3) is 11.1 Å². The van der Waals surface area contributed by atoms with Crippen molar-refractivity contribution in [1.82, 2.24) is 26.6 Å². The number of benzene rings is 4. The second-order valence-electron chi connectivity index (χ2n) is 14.9. The van der Waals surface area contributed by atoms with Gasteiger partial charge in [0.15, 0.2) is 6.61 Å². The van der Waals surface area contributed by atoms with Crippen LogP contribution in [0.1, 0.15) is 28.0 Å². The van der Waals surface area contributed by atoms with Gasteiger partial charge in [-0.15, -0.1) is 11.3 Å². The van der Waals surface area contributed by atoms with Crippen LogP contribution < -0.4 is 31.3 Å². The van der Waals surface area contributed by atoms with Gasteiger partial charge in [-0.05, 0) is 51.4 Å². The lowest BCUT2D eigenvalue weighted by molar-refractivity contribution is -0.149. The Balaban J connectivity index is 1.36. The van der Waals surface area contributed by atoms with Crippen LogP contribution in [0.2, 0.25) is 0 Å². The number of fused-ring (bicyclic) bond motifs is 16. The number of methoxy groups -OCH3 is 1. The Morgan fingerprint density at radius 2 is 1.27 bits per heavy atom. The number of aliphatic carboxylic acids is 1. The highest BCUT2D eigenvalue weighted by molar-refractivity contribution is 7.09. The maximum absolute atomic E-state index is 14.6. The molecular weight excluding hydrogens is 827 g/mol. The fourth-order valence-corrected chi connectivity index (χ4v) is 7.71. The van der Waals surface area contributed by atoms with E-state index in [9.17, 15) is 38.7 Å². The van der Waals surface area contributed by atoms with E-state index in [1.807, 2.05) is 72.1 Å². The van der Waals surface area contributed by atoms with Crippen LogP contribution in [0.4, 0.5) is 0 Å². The van der Waals surface area contributed by atoms with Crippen LogP contribution in [0.5, 0.6) is 5.75 Å². The molecule has 326 valence electrons. The molecule has 3 heterocycles. The lowest BCUT2D eigenvalue weighted by Crippen LogP contribution is -2.60. The molecule has 0 unspecified atom stereocenters. The number of ether oxygens (including phenoxy) is 2. The fraction of sp³-hybridized carbons (Fsp3) is 0.255. The van der Waals surface area contributed by atoms with E-state index in [2.05, 4.69) is 26.6 Å². The Morgan fingerprint density at radius 3 is 1.86 bits per heavy atom. The minimum Gasteiger partial charge on any atom is -0.484 e. The Hall–Kier alpha value is -7.33. The Bertz CT molecular complexity index is 2360. The van der Waals surface area contributed by atoms with Crippen molar-refractivity contribution in [3.63, 3.8) is 0 Å². The number of carbonyl (C=O) groups excluding carboxylic acids is 6. The largest absolute Gasteiger partial charge is 0.484 e. The van der Waals surface area contributed by atoms with Crippen molar-refractivity contribution in [2.24, 2.45) is 0 Å². The number of carboxylic acids is 1. The number of carbonyl (C=O) groups is 7. The molecule has 1 aromatic heterocycles. The zero-order valence-electron chi connectivity index (χ0n) is 34.3.